The molecule has 2 aromatic rings. The zero-order valence-electron chi connectivity index (χ0n) is 10.5. The van der Waals surface area contributed by atoms with Crippen LogP contribution in [0.2, 0.25) is 0 Å². The lowest BCUT2D eigenvalue weighted by atomic mass is 10.2. The Hall–Kier alpha value is -2.51. The normalized spacial score (nSPS) is 13.7. The van der Waals surface area contributed by atoms with E-state index in [2.05, 4.69) is 5.10 Å². The molecule has 0 atom stereocenters. The van der Waals surface area contributed by atoms with Crippen LogP contribution in [0.3, 0.4) is 0 Å². The van der Waals surface area contributed by atoms with Crippen molar-refractivity contribution in [1.82, 2.24) is 9.78 Å². The van der Waals surface area contributed by atoms with E-state index in [1.54, 1.807) is 16.6 Å². The van der Waals surface area contributed by atoms with E-state index in [9.17, 15) is 18.9 Å². The third-order valence-electron chi connectivity index (χ3n) is 3.27. The Morgan fingerprint density at radius 1 is 1.30 bits per heavy atom. The maximum atomic E-state index is 13.9. The van der Waals surface area contributed by atoms with Gasteiger partial charge in [-0.3, -0.25) is 14.8 Å². The monoisotopic (exact) mass is 280 g/mol. The second-order valence-electron chi connectivity index (χ2n) is 4.62. The van der Waals surface area contributed by atoms with Crippen LogP contribution in [-0.4, -0.2) is 14.7 Å². The molecule has 0 bridgehead atoms. The number of nitro groups is 1. The number of rotatable bonds is 2. The van der Waals surface area contributed by atoms with Crippen LogP contribution in [0, 0.1) is 21.7 Å². The summed E-state index contributed by atoms with van der Waals surface area (Å²) >= 11 is 0. The van der Waals surface area contributed by atoms with Crippen LogP contribution in [0.1, 0.15) is 11.3 Å². The summed E-state index contributed by atoms with van der Waals surface area (Å²) in [5, 5.41) is 14.8. The van der Waals surface area contributed by atoms with Gasteiger partial charge in [0, 0.05) is 31.4 Å². The quantitative estimate of drug-likeness (QED) is 0.624. The highest BCUT2D eigenvalue weighted by molar-refractivity contribution is 5.55. The first-order valence-electron chi connectivity index (χ1n) is 5.86. The molecule has 1 aliphatic rings. The molecule has 0 unspecified atom stereocenters. The van der Waals surface area contributed by atoms with Crippen molar-refractivity contribution in [3.05, 3.63) is 51.3 Å². The summed E-state index contributed by atoms with van der Waals surface area (Å²) in [6, 6.07) is 2.20. The van der Waals surface area contributed by atoms with E-state index in [-0.39, 0.29) is 5.69 Å². The number of hydrogen-bond donors (Lipinski definition) is 0. The van der Waals surface area contributed by atoms with E-state index in [0.29, 0.717) is 13.1 Å². The smallest absolute Gasteiger partial charge is 0.308 e. The third-order valence-corrected chi connectivity index (χ3v) is 3.27. The van der Waals surface area contributed by atoms with Crippen molar-refractivity contribution in [2.24, 2.45) is 7.05 Å². The number of nitro benzene ring substituents is 1. The maximum absolute atomic E-state index is 13.9. The van der Waals surface area contributed by atoms with Crippen LogP contribution in [0.5, 0.6) is 0 Å². The predicted octanol–water partition coefficient (Wildman–Crippen LogP) is 2.13. The number of halogens is 2. The predicted molar refractivity (Wildman–Crippen MR) is 66.1 cm³/mol. The van der Waals surface area contributed by atoms with Gasteiger partial charge in [-0.05, 0) is 6.07 Å². The van der Waals surface area contributed by atoms with E-state index < -0.39 is 22.2 Å². The summed E-state index contributed by atoms with van der Waals surface area (Å²) < 4.78 is 29.2. The van der Waals surface area contributed by atoms with Gasteiger partial charge in [0.15, 0.2) is 5.82 Å². The standard InChI is InChI=1S/C12H10F2N4O2/c1-16-4-7-5-17(6-8(7)15-16)9-2-3-10(18(19)20)12(14)11(9)13/h2-4H,5-6H2,1H3. The Morgan fingerprint density at radius 3 is 2.70 bits per heavy atom. The second-order valence-corrected chi connectivity index (χ2v) is 4.62. The zero-order valence-corrected chi connectivity index (χ0v) is 10.5. The summed E-state index contributed by atoms with van der Waals surface area (Å²) in [5.41, 5.74) is 0.881. The van der Waals surface area contributed by atoms with Crippen molar-refractivity contribution in [3.8, 4) is 0 Å². The molecule has 0 N–H and O–H groups in total. The number of aryl methyl sites for hydroxylation is 1. The summed E-state index contributed by atoms with van der Waals surface area (Å²) in [4.78, 5) is 11.2. The number of benzene rings is 1. The SMILES string of the molecule is Cn1cc2c(n1)CN(c1ccc([N+](=O)[O-])c(F)c1F)C2. The second kappa shape index (κ2) is 4.26. The Bertz CT molecular complexity index is 690. The van der Waals surface area contributed by atoms with Crippen LogP contribution >= 0.6 is 0 Å². The number of hydrogen-bond acceptors (Lipinski definition) is 4. The van der Waals surface area contributed by atoms with E-state index in [1.807, 2.05) is 6.20 Å². The fourth-order valence-corrected chi connectivity index (χ4v) is 2.38. The third kappa shape index (κ3) is 1.80. The van der Waals surface area contributed by atoms with Gasteiger partial charge in [-0.25, -0.2) is 4.39 Å². The Labute approximate surface area is 112 Å². The molecule has 2 heterocycles. The van der Waals surface area contributed by atoms with Gasteiger partial charge in [0.2, 0.25) is 5.82 Å². The summed E-state index contributed by atoms with van der Waals surface area (Å²) in [5.74, 6) is -2.63. The minimum atomic E-state index is -1.43. The van der Waals surface area contributed by atoms with Crippen molar-refractivity contribution in [3.63, 3.8) is 0 Å². The van der Waals surface area contributed by atoms with Gasteiger partial charge < -0.3 is 4.90 Å². The fraction of sp³-hybridized carbons (Fsp3) is 0.250. The van der Waals surface area contributed by atoms with Crippen molar-refractivity contribution in [2.75, 3.05) is 4.90 Å². The Kier molecular flexibility index (Phi) is 2.66. The highest BCUT2D eigenvalue weighted by Crippen LogP contribution is 2.33. The average Bonchev–Trinajstić information content (AvgIpc) is 2.89. The molecule has 0 saturated carbocycles. The molecule has 20 heavy (non-hydrogen) atoms. The van der Waals surface area contributed by atoms with E-state index in [0.717, 1.165) is 17.3 Å². The molecule has 0 spiro atoms. The van der Waals surface area contributed by atoms with Crippen LogP contribution < -0.4 is 4.90 Å². The van der Waals surface area contributed by atoms with Gasteiger partial charge in [-0.1, -0.05) is 0 Å². The van der Waals surface area contributed by atoms with Gasteiger partial charge in [-0.15, -0.1) is 0 Å². The van der Waals surface area contributed by atoms with E-state index in [1.165, 1.54) is 6.07 Å². The van der Waals surface area contributed by atoms with Gasteiger partial charge in [-0.2, -0.15) is 9.49 Å². The average molecular weight is 280 g/mol. The molecule has 3 rings (SSSR count). The number of anilines is 1. The van der Waals surface area contributed by atoms with Crippen LogP contribution in [0.4, 0.5) is 20.2 Å². The first-order chi connectivity index (χ1) is 9.47. The molecule has 0 saturated heterocycles. The minimum Gasteiger partial charge on any atom is -0.359 e. The molecule has 1 aromatic carbocycles. The molecule has 0 amide bonds. The molecule has 0 aliphatic carbocycles. The summed E-state index contributed by atoms with van der Waals surface area (Å²) in [7, 11) is 1.79. The highest BCUT2D eigenvalue weighted by Gasteiger charge is 2.28. The van der Waals surface area contributed by atoms with E-state index >= 15 is 0 Å². The summed E-state index contributed by atoms with van der Waals surface area (Å²) in [6.07, 6.45) is 1.81. The first kappa shape index (κ1) is 12.5. The highest BCUT2D eigenvalue weighted by atomic mass is 19.2. The molecule has 6 nitrogen and oxygen atoms in total. The molecular weight excluding hydrogens is 270 g/mol. The van der Waals surface area contributed by atoms with Crippen LogP contribution in [0.15, 0.2) is 18.3 Å². The number of nitrogens with zero attached hydrogens (tertiary/aromatic N) is 4. The van der Waals surface area contributed by atoms with Crippen molar-refractivity contribution < 1.29 is 13.7 Å². The largest absolute Gasteiger partial charge is 0.359 e. The van der Waals surface area contributed by atoms with Gasteiger partial charge >= 0.3 is 5.69 Å². The van der Waals surface area contributed by atoms with Gasteiger partial charge in [0.1, 0.15) is 0 Å². The van der Waals surface area contributed by atoms with Crippen molar-refractivity contribution in [1.29, 1.82) is 0 Å². The lowest BCUT2D eigenvalue weighted by Crippen LogP contribution is -2.18. The molecule has 1 aromatic heterocycles. The lowest BCUT2D eigenvalue weighted by Gasteiger charge is -2.18. The Balaban J connectivity index is 1.95. The van der Waals surface area contributed by atoms with E-state index in [4.69, 9.17) is 0 Å². The van der Waals surface area contributed by atoms with Gasteiger partial charge in [0.05, 0.1) is 22.8 Å². The molecule has 1 aliphatic heterocycles. The fourth-order valence-electron chi connectivity index (χ4n) is 2.38. The van der Waals surface area contributed by atoms with Gasteiger partial charge in [0.25, 0.3) is 0 Å². The minimum absolute atomic E-state index is 0.00810. The topological polar surface area (TPSA) is 64.2 Å². The van der Waals surface area contributed by atoms with Crippen molar-refractivity contribution in [2.45, 2.75) is 13.1 Å². The molecule has 8 heteroatoms. The van der Waals surface area contributed by atoms with Crippen molar-refractivity contribution >= 4 is 11.4 Å². The molecule has 104 valence electrons. The first-order valence-corrected chi connectivity index (χ1v) is 5.86. The zero-order chi connectivity index (χ0) is 14.4. The summed E-state index contributed by atoms with van der Waals surface area (Å²) in [6.45, 7) is 0.752. The number of aromatic nitrogens is 2. The number of fused-ring (bicyclic) bond motifs is 1. The maximum Gasteiger partial charge on any atom is 0.308 e. The molecule has 0 radical (unpaired) electrons. The van der Waals surface area contributed by atoms with Crippen LogP contribution in [0.25, 0.3) is 0 Å². The molecular formula is C12H10F2N4O2. The lowest BCUT2D eigenvalue weighted by molar-refractivity contribution is -0.387. The van der Waals surface area contributed by atoms with Crippen LogP contribution in [-0.2, 0) is 20.1 Å². The Morgan fingerprint density at radius 2 is 2.05 bits per heavy atom. The molecule has 0 fully saturated rings.